The molecule has 0 saturated heterocycles. The summed E-state index contributed by atoms with van der Waals surface area (Å²) in [5, 5.41) is 12.8. The van der Waals surface area contributed by atoms with E-state index in [-0.39, 0.29) is 0 Å². The highest BCUT2D eigenvalue weighted by atomic mass is 15.1. The summed E-state index contributed by atoms with van der Waals surface area (Å²) in [5.74, 6) is 0.405. The van der Waals surface area contributed by atoms with Crippen LogP contribution in [-0.2, 0) is 0 Å². The van der Waals surface area contributed by atoms with E-state index in [2.05, 4.69) is 147 Å². The molecule has 2 aromatic heterocycles. The van der Waals surface area contributed by atoms with E-state index in [0.717, 1.165) is 67.0 Å². The quantitative estimate of drug-likeness (QED) is 0.136. The van der Waals surface area contributed by atoms with Gasteiger partial charge in [-0.3, -0.25) is 0 Å². The summed E-state index contributed by atoms with van der Waals surface area (Å²) < 4.78 is 2.32. The molecule has 0 radical (unpaired) electrons. The molecule has 0 saturated carbocycles. The lowest BCUT2D eigenvalue weighted by Gasteiger charge is -2.25. The average molecular weight is 868 g/mol. The molecule has 0 spiro atoms. The first-order valence-corrected chi connectivity index (χ1v) is 22.1. The molecule has 0 N–H and O–H groups in total. The van der Waals surface area contributed by atoms with Crippen molar-refractivity contribution in [3.05, 3.63) is 253 Å². The molecule has 9 aromatic carbocycles. The molecule has 0 fully saturated rings. The first-order valence-electron chi connectivity index (χ1n) is 22.1. The van der Waals surface area contributed by atoms with Crippen LogP contribution in [0.25, 0.3) is 93.3 Å². The van der Waals surface area contributed by atoms with Crippen LogP contribution in [0.4, 0.5) is 28.4 Å². The highest BCUT2D eigenvalue weighted by Crippen LogP contribution is 2.41. The van der Waals surface area contributed by atoms with Gasteiger partial charge >= 0.3 is 0 Å². The minimum Gasteiger partial charge on any atom is -0.310 e. The Kier molecular flexibility index (Phi) is 10.6. The van der Waals surface area contributed by atoms with Gasteiger partial charge in [-0.25, -0.2) is 19.7 Å². The molecule has 0 amide bonds. The van der Waals surface area contributed by atoms with Gasteiger partial charge in [0.05, 0.1) is 47.2 Å². The maximum atomic E-state index is 10.5. The van der Waals surface area contributed by atoms with E-state index in [9.17, 15) is 5.26 Å². The Morgan fingerprint density at radius 3 is 1.68 bits per heavy atom. The molecule has 0 aliphatic heterocycles. The number of nitrogens with zero attached hydrogens (tertiary/aromatic N) is 7. The van der Waals surface area contributed by atoms with Gasteiger partial charge in [-0.1, -0.05) is 152 Å². The fourth-order valence-electron chi connectivity index (χ4n) is 9.07. The summed E-state index contributed by atoms with van der Waals surface area (Å²) in [7, 11) is 0. The molecule has 7 nitrogen and oxygen atoms in total. The molecule has 2 heterocycles. The van der Waals surface area contributed by atoms with Crippen molar-refractivity contribution in [1.29, 1.82) is 5.26 Å². The predicted octanol–water partition coefficient (Wildman–Crippen LogP) is 16.4. The number of hydrogen-bond donors (Lipinski definition) is 0. The van der Waals surface area contributed by atoms with Gasteiger partial charge in [0.25, 0.3) is 0 Å². The average Bonchev–Trinajstić information content (AvgIpc) is 3.75. The Morgan fingerprint density at radius 1 is 0.426 bits per heavy atom. The molecule has 0 bridgehead atoms. The molecule has 0 aliphatic rings. The number of hydrogen-bond acceptors (Lipinski definition) is 4. The van der Waals surface area contributed by atoms with E-state index < -0.39 is 0 Å². The van der Waals surface area contributed by atoms with Gasteiger partial charge in [0.15, 0.2) is 11.4 Å². The second kappa shape index (κ2) is 17.6. The second-order valence-corrected chi connectivity index (χ2v) is 16.3. The van der Waals surface area contributed by atoms with Crippen molar-refractivity contribution in [2.24, 2.45) is 0 Å². The van der Waals surface area contributed by atoms with Crippen LogP contribution >= 0.6 is 0 Å². The topological polar surface area (TPSA) is 66.5 Å². The van der Waals surface area contributed by atoms with E-state index in [4.69, 9.17) is 23.1 Å². The molecule has 0 aliphatic carbocycles. The summed E-state index contributed by atoms with van der Waals surface area (Å²) in [4.78, 5) is 19.6. The zero-order valence-electron chi connectivity index (χ0n) is 36.5. The van der Waals surface area contributed by atoms with Crippen molar-refractivity contribution in [3.8, 4) is 67.9 Å². The Bertz CT molecular complexity index is 3700. The van der Waals surface area contributed by atoms with Crippen molar-refractivity contribution in [2.75, 3.05) is 4.90 Å². The van der Waals surface area contributed by atoms with Gasteiger partial charge < -0.3 is 9.47 Å². The molecule has 0 atom stereocenters. The normalized spacial score (nSPS) is 10.9. The van der Waals surface area contributed by atoms with Crippen molar-refractivity contribution in [3.63, 3.8) is 0 Å². The van der Waals surface area contributed by atoms with Gasteiger partial charge in [-0.05, 0) is 95.1 Å². The lowest BCUT2D eigenvalue weighted by molar-refractivity contribution is 1.18. The third-order valence-electron chi connectivity index (χ3n) is 12.3. The summed E-state index contributed by atoms with van der Waals surface area (Å²) in [6.45, 7) is 15.6. The van der Waals surface area contributed by atoms with Crippen LogP contribution in [-0.4, -0.2) is 14.5 Å². The number of nitriles is 1. The highest BCUT2D eigenvalue weighted by molar-refractivity contribution is 6.10. The minimum absolute atomic E-state index is 0.405. The van der Waals surface area contributed by atoms with Crippen LogP contribution in [0.1, 0.15) is 5.56 Å². The molecule has 0 unspecified atom stereocenters. The SMILES string of the molecule is [C-]#[N+]c1ccccc1-c1cc(-c2ccc(-c3ccc(-c4ccc(-n5c6ccccc6c6cc(N(c7ccccc7)c7ccccc7)ccc65)cc4)cc3C#N)cc2)nc(-c2ccccc2[N+]#[C-])n1. The number of fused-ring (bicyclic) bond motifs is 3. The first kappa shape index (κ1) is 40.9. The van der Waals surface area contributed by atoms with Gasteiger partial charge in [0.1, 0.15) is 5.82 Å². The number of rotatable bonds is 9. The van der Waals surface area contributed by atoms with Crippen molar-refractivity contribution < 1.29 is 0 Å². The van der Waals surface area contributed by atoms with Gasteiger partial charge in [-0.15, -0.1) is 0 Å². The Hall–Kier alpha value is -9.87. The zero-order valence-corrected chi connectivity index (χ0v) is 36.5. The third kappa shape index (κ3) is 7.47. The molecule has 7 heteroatoms. The zero-order chi connectivity index (χ0) is 46.0. The second-order valence-electron chi connectivity index (χ2n) is 16.3. The van der Waals surface area contributed by atoms with Crippen LogP contribution in [0.15, 0.2) is 224 Å². The summed E-state index contributed by atoms with van der Waals surface area (Å²) in [6, 6.07) is 77.7. The largest absolute Gasteiger partial charge is 0.310 e. The molecule has 11 rings (SSSR count). The van der Waals surface area contributed by atoms with Crippen LogP contribution in [0, 0.1) is 24.5 Å². The first-order chi connectivity index (χ1) is 33.6. The number of aromatic nitrogens is 3. The Labute approximate surface area is 394 Å². The molecule has 11 aromatic rings. The van der Waals surface area contributed by atoms with E-state index in [1.165, 1.54) is 5.39 Å². The smallest absolute Gasteiger partial charge is 0.198 e. The third-order valence-corrected chi connectivity index (χ3v) is 12.3. The Balaban J connectivity index is 0.907. The van der Waals surface area contributed by atoms with E-state index in [1.807, 2.05) is 91.0 Å². The molecular weight excluding hydrogens is 831 g/mol. The number of benzene rings is 9. The van der Waals surface area contributed by atoms with Crippen LogP contribution < -0.4 is 4.90 Å². The van der Waals surface area contributed by atoms with Gasteiger partial charge in [0.2, 0.25) is 0 Å². The number of para-hydroxylation sites is 5. The van der Waals surface area contributed by atoms with Crippen LogP contribution in [0.5, 0.6) is 0 Å². The van der Waals surface area contributed by atoms with Crippen molar-refractivity contribution in [1.82, 2.24) is 14.5 Å². The van der Waals surface area contributed by atoms with Gasteiger partial charge in [-0.2, -0.15) is 5.26 Å². The van der Waals surface area contributed by atoms with Crippen molar-refractivity contribution in [2.45, 2.75) is 0 Å². The van der Waals surface area contributed by atoms with E-state index in [0.29, 0.717) is 45.3 Å². The fraction of sp³-hybridized carbons (Fsp3) is 0. The van der Waals surface area contributed by atoms with Crippen LogP contribution in [0.2, 0.25) is 0 Å². The highest BCUT2D eigenvalue weighted by Gasteiger charge is 2.19. The molecular formula is C61H37N7. The fourth-order valence-corrected chi connectivity index (χ4v) is 9.07. The van der Waals surface area contributed by atoms with E-state index >= 15 is 0 Å². The molecule has 68 heavy (non-hydrogen) atoms. The monoisotopic (exact) mass is 867 g/mol. The van der Waals surface area contributed by atoms with Crippen molar-refractivity contribution >= 4 is 50.2 Å². The summed E-state index contributed by atoms with van der Waals surface area (Å²) in [5.41, 5.74) is 15.1. The number of anilines is 3. The maximum absolute atomic E-state index is 10.5. The summed E-state index contributed by atoms with van der Waals surface area (Å²) >= 11 is 0. The Morgan fingerprint density at radius 2 is 0.985 bits per heavy atom. The minimum atomic E-state index is 0.405. The standard InChI is InChI=1S/C61H37N7/c1-63-55-22-12-9-20-52(55)58-39-57(65-61(66-58)53-21-10-13-23-56(53)64-2)43-27-25-42(26-28-43)50-35-31-44(37-45(50)40-62)41-29-32-48(33-30-41)68-59-24-14-11-19-51(59)54-38-49(34-36-60(54)68)67(46-15-5-3-6-16-46)47-17-7-4-8-18-47/h3-39H. The van der Waals surface area contributed by atoms with E-state index in [1.54, 1.807) is 12.1 Å². The van der Waals surface area contributed by atoms with Gasteiger partial charge in [0, 0.05) is 50.2 Å². The van der Waals surface area contributed by atoms with Crippen LogP contribution in [0.3, 0.4) is 0 Å². The lowest BCUT2D eigenvalue weighted by atomic mass is 9.94. The molecule has 316 valence electrons. The predicted molar refractivity (Wildman–Crippen MR) is 275 cm³/mol. The summed E-state index contributed by atoms with van der Waals surface area (Å²) in [6.07, 6.45) is 0. The maximum Gasteiger partial charge on any atom is 0.198 e. The lowest BCUT2D eigenvalue weighted by Crippen LogP contribution is -2.09.